The summed E-state index contributed by atoms with van der Waals surface area (Å²) in [5, 5.41) is 0. The van der Waals surface area contributed by atoms with Crippen molar-refractivity contribution in [3.63, 3.8) is 0 Å². The van der Waals surface area contributed by atoms with Crippen molar-refractivity contribution in [2.75, 3.05) is 13.2 Å². The second-order valence-electron chi connectivity index (χ2n) is 23.4. The second-order valence-corrected chi connectivity index (χ2v) is 23.4. The van der Waals surface area contributed by atoms with E-state index >= 15 is 0 Å². The number of hydrogen-bond donors (Lipinski definition) is 0. The van der Waals surface area contributed by atoms with Crippen LogP contribution >= 0.6 is 0 Å². The Kier molecular flexibility index (Phi) is 67.2. The van der Waals surface area contributed by atoms with Gasteiger partial charge in [0.05, 0.1) is 0 Å². The van der Waals surface area contributed by atoms with Gasteiger partial charge >= 0.3 is 17.9 Å². The van der Waals surface area contributed by atoms with E-state index in [1.807, 2.05) is 0 Å². The third kappa shape index (κ3) is 68.7. The summed E-state index contributed by atoms with van der Waals surface area (Å²) in [5.74, 6) is -0.920. The summed E-state index contributed by atoms with van der Waals surface area (Å²) in [6.07, 6.45) is 96.8. The molecular weight excluding hydrogens is 1020 g/mol. The Labute approximate surface area is 514 Å². The van der Waals surface area contributed by atoms with E-state index in [0.717, 1.165) is 135 Å². The van der Waals surface area contributed by atoms with E-state index in [1.165, 1.54) is 167 Å². The van der Waals surface area contributed by atoms with Crippen LogP contribution in [0.25, 0.3) is 0 Å². The maximum Gasteiger partial charge on any atom is 0.306 e. The summed E-state index contributed by atoms with van der Waals surface area (Å²) < 4.78 is 17.0. The molecule has 6 heteroatoms. The minimum atomic E-state index is -0.801. The molecule has 1 unspecified atom stereocenters. The molecule has 0 aliphatic heterocycles. The van der Waals surface area contributed by atoms with Crippen LogP contribution in [-0.4, -0.2) is 37.2 Å². The van der Waals surface area contributed by atoms with E-state index in [4.69, 9.17) is 14.2 Å². The molecule has 0 rings (SSSR count). The van der Waals surface area contributed by atoms with Gasteiger partial charge in [0, 0.05) is 19.3 Å². The first kappa shape index (κ1) is 79.1. The van der Waals surface area contributed by atoms with Crippen LogP contribution in [-0.2, 0) is 28.6 Å². The molecule has 0 radical (unpaired) electrons. The highest BCUT2D eigenvalue weighted by atomic mass is 16.6. The Hall–Kier alpha value is -3.93. The summed E-state index contributed by atoms with van der Waals surface area (Å²) in [5.41, 5.74) is 0. The summed E-state index contributed by atoms with van der Waals surface area (Å²) >= 11 is 0. The van der Waals surface area contributed by atoms with Crippen molar-refractivity contribution in [3.8, 4) is 0 Å². The molecule has 0 aromatic carbocycles. The van der Waals surface area contributed by atoms with Gasteiger partial charge in [-0.05, 0) is 128 Å². The maximum atomic E-state index is 13.0. The number of hydrogen-bond acceptors (Lipinski definition) is 6. The molecule has 0 amide bonds. The molecule has 0 aliphatic rings. The molecular formula is C77H132O6. The minimum Gasteiger partial charge on any atom is -0.462 e. The zero-order chi connectivity index (χ0) is 59.9. The van der Waals surface area contributed by atoms with Crippen LogP contribution < -0.4 is 0 Å². The van der Waals surface area contributed by atoms with Crippen molar-refractivity contribution in [2.24, 2.45) is 0 Å². The van der Waals surface area contributed by atoms with Gasteiger partial charge in [-0.3, -0.25) is 14.4 Å². The molecule has 1 atom stereocenters. The van der Waals surface area contributed by atoms with Gasteiger partial charge in [0.15, 0.2) is 6.10 Å². The molecule has 6 nitrogen and oxygen atoms in total. The molecule has 0 heterocycles. The number of carbonyl (C=O) groups is 3. The molecule has 0 aromatic rings. The third-order valence-electron chi connectivity index (χ3n) is 15.2. The highest BCUT2D eigenvalue weighted by Gasteiger charge is 2.19. The fourth-order valence-corrected chi connectivity index (χ4v) is 9.94. The fraction of sp³-hybridized carbons (Fsp3) is 0.727. The van der Waals surface area contributed by atoms with Gasteiger partial charge in [-0.1, -0.05) is 304 Å². The van der Waals surface area contributed by atoms with Gasteiger partial charge in [-0.25, -0.2) is 0 Å². The topological polar surface area (TPSA) is 78.9 Å². The summed E-state index contributed by atoms with van der Waals surface area (Å²) in [6.45, 7) is 6.50. The summed E-state index contributed by atoms with van der Waals surface area (Å²) in [6, 6.07) is 0. The monoisotopic (exact) mass is 1150 g/mol. The van der Waals surface area contributed by atoms with Crippen LogP contribution in [0.3, 0.4) is 0 Å². The Bertz CT molecular complexity index is 1660. The number of ether oxygens (including phenoxy) is 3. The van der Waals surface area contributed by atoms with Crippen LogP contribution in [0.4, 0.5) is 0 Å². The van der Waals surface area contributed by atoms with Gasteiger partial charge < -0.3 is 14.2 Å². The average Bonchev–Trinajstić information content (AvgIpc) is 3.49. The molecule has 0 aliphatic carbocycles. The molecule has 83 heavy (non-hydrogen) atoms. The van der Waals surface area contributed by atoms with Crippen molar-refractivity contribution in [1.29, 1.82) is 0 Å². The minimum absolute atomic E-state index is 0.0924. The normalized spacial score (nSPS) is 12.8. The maximum absolute atomic E-state index is 13.0. The van der Waals surface area contributed by atoms with Crippen molar-refractivity contribution >= 4 is 17.9 Å². The fourth-order valence-electron chi connectivity index (χ4n) is 9.94. The molecule has 0 fully saturated rings. The second kappa shape index (κ2) is 70.6. The molecule has 0 aromatic heterocycles. The quantitative estimate of drug-likeness (QED) is 0.0261. The molecule has 0 spiro atoms. The van der Waals surface area contributed by atoms with Crippen molar-refractivity contribution < 1.29 is 28.6 Å². The number of carbonyl (C=O) groups excluding carboxylic acids is 3. The first-order valence-corrected chi connectivity index (χ1v) is 35.4. The number of esters is 3. The summed E-state index contributed by atoms with van der Waals surface area (Å²) in [7, 11) is 0. The van der Waals surface area contributed by atoms with Crippen LogP contribution in [0.1, 0.15) is 342 Å². The van der Waals surface area contributed by atoms with Crippen LogP contribution in [0.2, 0.25) is 0 Å². The van der Waals surface area contributed by atoms with Crippen molar-refractivity contribution in [1.82, 2.24) is 0 Å². The van der Waals surface area contributed by atoms with Crippen LogP contribution in [0, 0.1) is 0 Å². The lowest BCUT2D eigenvalue weighted by atomic mass is 10.0. The van der Waals surface area contributed by atoms with Gasteiger partial charge in [-0.15, -0.1) is 0 Å². The SMILES string of the molecule is CC/C=C\C/C=C\C/C=C\C/C=C\C/C=C\C/C=C\CCCCCCC(=O)OC(COC(=O)CCCCCCC/C=C\C/C=C\CCCCC)COC(=O)CCCCCCCCCCCCCCCCC/C=C\CCCCCCCCCC. The molecule has 0 bridgehead atoms. The standard InChI is InChI=1S/C77H132O6/c1-4-7-10-13-16-19-22-25-28-30-32-34-36-37-38-39-41-42-44-46-49-52-55-58-61-64-67-70-76(79)82-73-74(72-81-75(78)69-66-63-60-57-54-51-48-27-24-21-18-15-12-9-6-3)83-77(80)71-68-65-62-59-56-53-50-47-45-43-40-35-33-31-29-26-23-20-17-14-11-8-5-2/h8,11,17-18,20-21,26-27,29-30,32-33,35,43,45,48,50,53,74H,4-7,9-10,12-16,19,22-25,28,31,34,36-42,44,46-47,49,51-52,54-73H2,1-3H3/b11-8-,20-17-,21-18-,29-26-,32-30-,35-33-,45-43-,48-27-,53-50-. The molecule has 476 valence electrons. The van der Waals surface area contributed by atoms with Crippen molar-refractivity contribution in [3.05, 3.63) is 109 Å². The van der Waals surface area contributed by atoms with Crippen LogP contribution in [0.15, 0.2) is 109 Å². The smallest absolute Gasteiger partial charge is 0.306 e. The highest BCUT2D eigenvalue weighted by Crippen LogP contribution is 2.17. The first-order valence-electron chi connectivity index (χ1n) is 35.4. The van der Waals surface area contributed by atoms with E-state index in [2.05, 4.69) is 130 Å². The van der Waals surface area contributed by atoms with Crippen molar-refractivity contribution in [2.45, 2.75) is 348 Å². The van der Waals surface area contributed by atoms with Gasteiger partial charge in [-0.2, -0.15) is 0 Å². The van der Waals surface area contributed by atoms with E-state index in [1.54, 1.807) is 0 Å². The third-order valence-corrected chi connectivity index (χ3v) is 15.2. The van der Waals surface area contributed by atoms with Gasteiger partial charge in [0.25, 0.3) is 0 Å². The molecule has 0 N–H and O–H groups in total. The summed E-state index contributed by atoms with van der Waals surface area (Å²) in [4.78, 5) is 38.4. The highest BCUT2D eigenvalue weighted by molar-refractivity contribution is 5.71. The molecule has 0 saturated heterocycles. The van der Waals surface area contributed by atoms with E-state index < -0.39 is 6.10 Å². The zero-order valence-electron chi connectivity index (χ0n) is 54.7. The number of unbranched alkanes of at least 4 members (excludes halogenated alkanes) is 35. The Morgan fingerprint density at radius 1 is 0.253 bits per heavy atom. The first-order chi connectivity index (χ1) is 41.0. The average molecular weight is 1150 g/mol. The number of allylic oxidation sites excluding steroid dienone is 18. The van der Waals surface area contributed by atoms with Gasteiger partial charge in [0.2, 0.25) is 0 Å². The Balaban J connectivity index is 4.36. The lowest BCUT2D eigenvalue weighted by Crippen LogP contribution is -2.30. The predicted octanol–water partition coefficient (Wildman–Crippen LogP) is 24.6. The predicted molar refractivity (Wildman–Crippen MR) is 362 cm³/mol. The largest absolute Gasteiger partial charge is 0.462 e. The molecule has 0 saturated carbocycles. The Morgan fingerprint density at radius 2 is 0.470 bits per heavy atom. The van der Waals surface area contributed by atoms with E-state index in [9.17, 15) is 14.4 Å². The number of rotatable bonds is 64. The Morgan fingerprint density at radius 3 is 0.771 bits per heavy atom. The lowest BCUT2D eigenvalue weighted by Gasteiger charge is -2.18. The van der Waals surface area contributed by atoms with E-state index in [0.29, 0.717) is 19.3 Å². The zero-order valence-corrected chi connectivity index (χ0v) is 54.7. The van der Waals surface area contributed by atoms with E-state index in [-0.39, 0.29) is 31.1 Å². The lowest BCUT2D eigenvalue weighted by molar-refractivity contribution is -0.167. The van der Waals surface area contributed by atoms with Crippen LogP contribution in [0.5, 0.6) is 0 Å². The van der Waals surface area contributed by atoms with Gasteiger partial charge in [0.1, 0.15) is 13.2 Å².